The molecule has 5 aliphatic rings. The van der Waals surface area contributed by atoms with Gasteiger partial charge in [0.1, 0.15) is 12.4 Å². The molecule has 3 saturated carbocycles. The molecule has 0 bridgehead atoms. The lowest BCUT2D eigenvalue weighted by Crippen LogP contribution is -2.71. The largest absolute Gasteiger partial charge is 0.411 e. The van der Waals surface area contributed by atoms with Gasteiger partial charge in [-0.1, -0.05) is 18.2 Å². The van der Waals surface area contributed by atoms with Crippen LogP contribution >= 0.6 is 0 Å². The molecule has 0 spiro atoms. The second kappa shape index (κ2) is 6.58. The van der Waals surface area contributed by atoms with E-state index < -0.39 is 69.7 Å². The van der Waals surface area contributed by atoms with Crippen LogP contribution in [-0.4, -0.2) is 63.5 Å². The zero-order valence-corrected chi connectivity index (χ0v) is 19.0. The van der Waals surface area contributed by atoms with Crippen molar-refractivity contribution in [2.24, 2.45) is 27.8 Å². The fourth-order valence-electron chi connectivity index (χ4n) is 7.89. The quantitative estimate of drug-likeness (QED) is 0.369. The minimum Gasteiger partial charge on any atom is -0.411 e. The minimum atomic E-state index is -2.26. The first kappa shape index (κ1) is 22.8. The van der Waals surface area contributed by atoms with Gasteiger partial charge in [-0.15, -0.1) is 0 Å². The van der Waals surface area contributed by atoms with E-state index in [0.29, 0.717) is 0 Å². The standard InChI is InChI=1S/C24H29F2NO6/c1-20(2)32-19-9-13-14-8-16(25)15-7-12(28)5-6-21(15,3)23(14,26)17(29)10-22(13,4)24(19,33-20)18(30)11-27-31/h5-7,11,13-14,16-17,19,29,31H,8-10H2,1-4H3/b27-11+/t13-,14-,16-,17-,19+,21-,22-,23-,24+/m0/s1. The van der Waals surface area contributed by atoms with Gasteiger partial charge in [0.15, 0.2) is 22.8 Å². The number of rotatable bonds is 2. The van der Waals surface area contributed by atoms with Crippen LogP contribution in [0, 0.1) is 22.7 Å². The highest BCUT2D eigenvalue weighted by atomic mass is 19.1. The summed E-state index contributed by atoms with van der Waals surface area (Å²) >= 11 is 0. The van der Waals surface area contributed by atoms with Crippen LogP contribution in [0.1, 0.15) is 47.0 Å². The Hall–Kier alpha value is -1.97. The van der Waals surface area contributed by atoms with Crippen LogP contribution in [0.25, 0.3) is 0 Å². The molecular formula is C24H29F2NO6. The lowest BCUT2D eigenvalue weighted by atomic mass is 9.44. The van der Waals surface area contributed by atoms with Gasteiger partial charge in [0.25, 0.3) is 0 Å². The lowest BCUT2D eigenvalue weighted by Gasteiger charge is -2.63. The average molecular weight is 465 g/mol. The highest BCUT2D eigenvalue weighted by Crippen LogP contribution is 2.72. The van der Waals surface area contributed by atoms with E-state index in [4.69, 9.17) is 14.7 Å². The van der Waals surface area contributed by atoms with Crippen LogP contribution in [0.4, 0.5) is 8.78 Å². The molecule has 0 radical (unpaired) electrons. The number of ether oxygens (including phenoxy) is 2. The molecule has 0 aromatic carbocycles. The van der Waals surface area contributed by atoms with E-state index >= 15 is 8.78 Å². The number of Topliss-reactive ketones (excluding diaryl/α,β-unsaturated/α-hetero) is 1. The molecule has 1 heterocycles. The number of alkyl halides is 2. The van der Waals surface area contributed by atoms with Gasteiger partial charge >= 0.3 is 0 Å². The van der Waals surface area contributed by atoms with Gasteiger partial charge in [-0.25, -0.2) is 8.78 Å². The molecule has 4 aliphatic carbocycles. The summed E-state index contributed by atoms with van der Waals surface area (Å²) in [7, 11) is 0. The molecule has 2 N–H and O–H groups in total. The number of hydrogen-bond acceptors (Lipinski definition) is 7. The molecule has 33 heavy (non-hydrogen) atoms. The molecule has 4 fully saturated rings. The fourth-order valence-corrected chi connectivity index (χ4v) is 7.89. The number of nitrogens with zero attached hydrogens (tertiary/aromatic N) is 1. The number of fused-ring (bicyclic) bond motifs is 7. The Morgan fingerprint density at radius 2 is 1.94 bits per heavy atom. The van der Waals surface area contributed by atoms with E-state index in [9.17, 15) is 14.7 Å². The van der Waals surface area contributed by atoms with E-state index in [0.717, 1.165) is 12.3 Å². The van der Waals surface area contributed by atoms with E-state index in [1.165, 1.54) is 19.1 Å². The van der Waals surface area contributed by atoms with Crippen LogP contribution in [0.5, 0.6) is 0 Å². The average Bonchev–Trinajstić information content (AvgIpc) is 3.13. The Bertz CT molecular complexity index is 1020. The molecular weight excluding hydrogens is 436 g/mol. The minimum absolute atomic E-state index is 0.0430. The summed E-state index contributed by atoms with van der Waals surface area (Å²) in [6.07, 6.45) is 0.419. The molecule has 7 nitrogen and oxygen atoms in total. The molecule has 0 aromatic heterocycles. The molecule has 0 unspecified atom stereocenters. The van der Waals surface area contributed by atoms with Gasteiger partial charge in [-0.3, -0.25) is 9.59 Å². The Balaban J connectivity index is 1.66. The Labute approximate surface area is 190 Å². The molecule has 1 saturated heterocycles. The monoisotopic (exact) mass is 465 g/mol. The van der Waals surface area contributed by atoms with Crippen molar-refractivity contribution in [3.8, 4) is 0 Å². The van der Waals surface area contributed by atoms with E-state index in [2.05, 4.69) is 5.16 Å². The number of hydrogen-bond donors (Lipinski definition) is 2. The molecule has 0 amide bonds. The third-order valence-electron chi connectivity index (χ3n) is 9.16. The van der Waals surface area contributed by atoms with Gasteiger partial charge < -0.3 is 19.8 Å². The van der Waals surface area contributed by atoms with Gasteiger partial charge in [0.2, 0.25) is 5.78 Å². The smallest absolute Gasteiger partial charge is 0.212 e. The topological polar surface area (TPSA) is 105 Å². The number of allylic oxidation sites excluding steroid dienone is 4. The summed E-state index contributed by atoms with van der Waals surface area (Å²) in [5.74, 6) is -3.69. The van der Waals surface area contributed by atoms with Crippen molar-refractivity contribution in [1.82, 2.24) is 0 Å². The van der Waals surface area contributed by atoms with E-state index in [1.54, 1.807) is 20.8 Å². The normalized spacial score (nSPS) is 52.2. The van der Waals surface area contributed by atoms with E-state index in [1.807, 2.05) is 0 Å². The van der Waals surface area contributed by atoms with Crippen molar-refractivity contribution in [3.05, 3.63) is 23.8 Å². The Morgan fingerprint density at radius 3 is 2.61 bits per heavy atom. The number of carbonyl (C=O) groups excluding carboxylic acids is 2. The number of oxime groups is 1. The maximum atomic E-state index is 17.2. The summed E-state index contributed by atoms with van der Waals surface area (Å²) in [5.41, 5.74) is -6.45. The van der Waals surface area contributed by atoms with Crippen molar-refractivity contribution in [2.75, 3.05) is 0 Å². The third-order valence-corrected chi connectivity index (χ3v) is 9.16. The second-order valence-corrected chi connectivity index (χ2v) is 11.0. The predicted molar refractivity (Wildman–Crippen MR) is 112 cm³/mol. The summed E-state index contributed by atoms with van der Waals surface area (Å²) < 4.78 is 45.0. The molecule has 5 rings (SSSR count). The highest BCUT2D eigenvalue weighted by Gasteiger charge is 2.80. The fraction of sp³-hybridized carbons (Fsp3) is 0.708. The van der Waals surface area contributed by atoms with Gasteiger partial charge in [0, 0.05) is 16.7 Å². The summed E-state index contributed by atoms with van der Waals surface area (Å²) in [4.78, 5) is 25.3. The van der Waals surface area contributed by atoms with Crippen molar-refractivity contribution in [3.63, 3.8) is 0 Å². The first-order chi connectivity index (χ1) is 15.3. The summed E-state index contributed by atoms with van der Waals surface area (Å²) in [6.45, 7) is 6.59. The van der Waals surface area contributed by atoms with Crippen molar-refractivity contribution in [2.45, 2.75) is 82.4 Å². The molecule has 180 valence electrons. The summed E-state index contributed by atoms with van der Waals surface area (Å²) in [6, 6.07) is 0. The highest BCUT2D eigenvalue weighted by molar-refractivity contribution is 6.31. The summed E-state index contributed by atoms with van der Waals surface area (Å²) in [5, 5.41) is 23.3. The van der Waals surface area contributed by atoms with Crippen molar-refractivity contribution < 1.29 is 38.2 Å². The lowest BCUT2D eigenvalue weighted by molar-refractivity contribution is -0.246. The van der Waals surface area contributed by atoms with Crippen molar-refractivity contribution in [1.29, 1.82) is 0 Å². The number of aliphatic hydroxyl groups is 1. The van der Waals surface area contributed by atoms with Gasteiger partial charge in [-0.2, -0.15) is 0 Å². The Morgan fingerprint density at radius 1 is 1.24 bits per heavy atom. The molecule has 9 heteroatoms. The molecule has 0 aromatic rings. The SMILES string of the molecule is CC1(C)O[C@@H]2C[C@H]3[C@@H]4C[C@H](F)C5=CC(=O)C=C[C@]5(C)[C@@]4(F)[C@@H](O)C[C@]3(C)[C@]2(C(=O)/C=N/O)O1. The third kappa shape index (κ3) is 2.51. The molecule has 9 atom stereocenters. The zero-order chi connectivity index (χ0) is 24.2. The van der Waals surface area contributed by atoms with Gasteiger partial charge in [0.05, 0.1) is 12.2 Å². The van der Waals surface area contributed by atoms with Crippen LogP contribution in [0.3, 0.4) is 0 Å². The van der Waals surface area contributed by atoms with Crippen LogP contribution in [0.15, 0.2) is 29.0 Å². The first-order valence-electron chi connectivity index (χ1n) is 11.3. The number of halogens is 2. The molecule has 1 aliphatic heterocycles. The number of carbonyl (C=O) groups is 2. The maximum Gasteiger partial charge on any atom is 0.212 e. The van der Waals surface area contributed by atoms with Crippen LogP contribution in [0.2, 0.25) is 0 Å². The maximum absolute atomic E-state index is 17.2. The number of aliphatic hydroxyl groups excluding tert-OH is 1. The van der Waals surface area contributed by atoms with E-state index in [-0.39, 0.29) is 24.8 Å². The van der Waals surface area contributed by atoms with Crippen LogP contribution < -0.4 is 0 Å². The zero-order valence-electron chi connectivity index (χ0n) is 19.0. The number of ketones is 2. The predicted octanol–water partition coefficient (Wildman–Crippen LogP) is 2.83. The first-order valence-corrected chi connectivity index (χ1v) is 11.3. The Kier molecular flexibility index (Phi) is 4.55. The second-order valence-electron chi connectivity index (χ2n) is 11.0. The van der Waals surface area contributed by atoms with Gasteiger partial charge in [-0.05, 0) is 63.7 Å². The van der Waals surface area contributed by atoms with Crippen molar-refractivity contribution >= 4 is 17.8 Å². The van der Waals surface area contributed by atoms with Crippen LogP contribution in [-0.2, 0) is 19.1 Å².